The van der Waals surface area contributed by atoms with Crippen LogP contribution in [0.1, 0.15) is 0 Å². The van der Waals surface area contributed by atoms with E-state index in [0.717, 1.165) is 15.9 Å². The van der Waals surface area contributed by atoms with Gasteiger partial charge in [-0.1, -0.05) is 24.8 Å². The standard InChI is InChI=1S/C12H10N2O2S/c1-8(12(15)16)6-17-11-9-4-2-3-5-10(9)13-7-14-11/h2-5,7H,1,6H2,(H,15,16). The molecule has 0 amide bonds. The molecule has 2 aromatic rings. The van der Waals surface area contributed by atoms with Gasteiger partial charge in [0.15, 0.2) is 0 Å². The predicted octanol–water partition coefficient (Wildman–Crippen LogP) is 2.36. The molecular formula is C12H10N2O2S. The molecule has 1 aromatic heterocycles. The highest BCUT2D eigenvalue weighted by Gasteiger charge is 2.08. The number of fused-ring (bicyclic) bond motifs is 1. The third-order valence-corrected chi connectivity index (χ3v) is 3.28. The first-order chi connectivity index (χ1) is 8.18. The number of benzene rings is 1. The second kappa shape index (κ2) is 4.97. The van der Waals surface area contributed by atoms with Gasteiger partial charge in [0.25, 0.3) is 0 Å². The first-order valence-electron chi connectivity index (χ1n) is 4.92. The van der Waals surface area contributed by atoms with Crippen molar-refractivity contribution in [1.29, 1.82) is 0 Å². The van der Waals surface area contributed by atoms with E-state index in [4.69, 9.17) is 5.11 Å². The normalized spacial score (nSPS) is 10.4. The molecule has 0 saturated carbocycles. The Balaban J connectivity index is 2.24. The van der Waals surface area contributed by atoms with Gasteiger partial charge in [0.2, 0.25) is 0 Å². The Morgan fingerprint density at radius 2 is 2.12 bits per heavy atom. The fourth-order valence-electron chi connectivity index (χ4n) is 1.31. The molecule has 0 aliphatic rings. The van der Waals surface area contributed by atoms with Crippen molar-refractivity contribution in [3.63, 3.8) is 0 Å². The SMILES string of the molecule is C=C(CSc1ncnc2ccccc12)C(=O)O. The summed E-state index contributed by atoms with van der Waals surface area (Å²) >= 11 is 1.35. The van der Waals surface area contributed by atoms with Gasteiger partial charge in [0.1, 0.15) is 11.4 Å². The molecule has 17 heavy (non-hydrogen) atoms. The van der Waals surface area contributed by atoms with Gasteiger partial charge in [-0.3, -0.25) is 0 Å². The highest BCUT2D eigenvalue weighted by molar-refractivity contribution is 7.99. The Bertz CT molecular complexity index is 578. The number of nitrogens with zero attached hydrogens (tertiary/aromatic N) is 2. The van der Waals surface area contributed by atoms with Crippen LogP contribution in [0.15, 0.2) is 47.8 Å². The molecule has 0 aliphatic heterocycles. The van der Waals surface area contributed by atoms with Crippen molar-refractivity contribution >= 4 is 28.6 Å². The molecule has 1 heterocycles. The molecule has 1 aromatic carbocycles. The van der Waals surface area contributed by atoms with E-state index in [9.17, 15) is 4.79 Å². The lowest BCUT2D eigenvalue weighted by Gasteiger charge is -2.04. The maximum absolute atomic E-state index is 10.6. The van der Waals surface area contributed by atoms with Crippen molar-refractivity contribution in [3.8, 4) is 0 Å². The van der Waals surface area contributed by atoms with E-state index in [-0.39, 0.29) is 5.57 Å². The summed E-state index contributed by atoms with van der Waals surface area (Å²) in [6, 6.07) is 7.62. The lowest BCUT2D eigenvalue weighted by molar-refractivity contribution is -0.132. The lowest BCUT2D eigenvalue weighted by atomic mass is 10.2. The van der Waals surface area contributed by atoms with Crippen LogP contribution < -0.4 is 0 Å². The smallest absolute Gasteiger partial charge is 0.331 e. The van der Waals surface area contributed by atoms with Crippen LogP contribution in [0.25, 0.3) is 10.9 Å². The Kier molecular flexibility index (Phi) is 3.39. The number of carboxylic acid groups (broad SMARTS) is 1. The molecular weight excluding hydrogens is 236 g/mol. The van der Waals surface area contributed by atoms with E-state index in [1.807, 2.05) is 24.3 Å². The van der Waals surface area contributed by atoms with Crippen LogP contribution in [-0.2, 0) is 4.79 Å². The largest absolute Gasteiger partial charge is 0.478 e. The summed E-state index contributed by atoms with van der Waals surface area (Å²) in [7, 11) is 0. The van der Waals surface area contributed by atoms with Crippen molar-refractivity contribution in [3.05, 3.63) is 42.7 Å². The number of carbonyl (C=O) groups is 1. The summed E-state index contributed by atoms with van der Waals surface area (Å²) in [4.78, 5) is 18.9. The second-order valence-electron chi connectivity index (χ2n) is 3.39. The van der Waals surface area contributed by atoms with Crippen LogP contribution in [0.3, 0.4) is 0 Å². The van der Waals surface area contributed by atoms with Gasteiger partial charge in [-0.25, -0.2) is 14.8 Å². The first kappa shape index (κ1) is 11.6. The summed E-state index contributed by atoms with van der Waals surface area (Å²) in [5.74, 6) is -0.660. The Morgan fingerprint density at radius 3 is 2.88 bits per heavy atom. The second-order valence-corrected chi connectivity index (χ2v) is 4.36. The van der Waals surface area contributed by atoms with Gasteiger partial charge >= 0.3 is 5.97 Å². The number of hydrogen-bond acceptors (Lipinski definition) is 4. The summed E-state index contributed by atoms with van der Waals surface area (Å²) in [6.45, 7) is 3.49. The van der Waals surface area contributed by atoms with E-state index in [1.165, 1.54) is 18.1 Å². The van der Waals surface area contributed by atoms with Gasteiger partial charge in [-0.2, -0.15) is 0 Å². The Morgan fingerprint density at radius 1 is 1.35 bits per heavy atom. The van der Waals surface area contributed by atoms with Crippen molar-refractivity contribution in [2.45, 2.75) is 5.03 Å². The number of hydrogen-bond donors (Lipinski definition) is 1. The van der Waals surface area contributed by atoms with E-state index in [2.05, 4.69) is 16.5 Å². The zero-order chi connectivity index (χ0) is 12.3. The fraction of sp³-hybridized carbons (Fsp3) is 0.0833. The summed E-state index contributed by atoms with van der Waals surface area (Å²) in [5.41, 5.74) is 1.02. The molecule has 5 heteroatoms. The van der Waals surface area contributed by atoms with Gasteiger partial charge in [-0.15, -0.1) is 11.8 Å². The monoisotopic (exact) mass is 246 g/mol. The molecule has 0 unspecified atom stereocenters. The van der Waals surface area contributed by atoms with E-state index in [0.29, 0.717) is 5.75 Å². The molecule has 0 aliphatic carbocycles. The topological polar surface area (TPSA) is 63.1 Å². The van der Waals surface area contributed by atoms with Crippen LogP contribution in [0, 0.1) is 0 Å². The number of aliphatic carboxylic acids is 1. The maximum Gasteiger partial charge on any atom is 0.331 e. The van der Waals surface area contributed by atoms with E-state index < -0.39 is 5.97 Å². The number of aromatic nitrogens is 2. The van der Waals surface area contributed by atoms with Crippen molar-refractivity contribution in [1.82, 2.24) is 9.97 Å². The van der Waals surface area contributed by atoms with E-state index >= 15 is 0 Å². The molecule has 0 saturated heterocycles. The van der Waals surface area contributed by atoms with Gasteiger partial charge in [-0.05, 0) is 6.07 Å². The van der Waals surface area contributed by atoms with Crippen LogP contribution in [0.4, 0.5) is 0 Å². The fourth-order valence-corrected chi connectivity index (χ4v) is 2.20. The number of para-hydroxylation sites is 1. The quantitative estimate of drug-likeness (QED) is 0.509. The third-order valence-electron chi connectivity index (χ3n) is 2.19. The molecule has 1 N–H and O–H groups in total. The van der Waals surface area contributed by atoms with Crippen LogP contribution in [0.2, 0.25) is 0 Å². The highest BCUT2D eigenvalue weighted by atomic mass is 32.2. The van der Waals surface area contributed by atoms with Crippen molar-refractivity contribution in [2.24, 2.45) is 0 Å². The first-order valence-corrected chi connectivity index (χ1v) is 5.90. The zero-order valence-corrected chi connectivity index (χ0v) is 9.78. The van der Waals surface area contributed by atoms with Crippen molar-refractivity contribution < 1.29 is 9.90 Å². The summed E-state index contributed by atoms with van der Waals surface area (Å²) in [5, 5.41) is 10.4. The molecule has 0 fully saturated rings. The molecule has 0 atom stereocenters. The van der Waals surface area contributed by atoms with Gasteiger partial charge < -0.3 is 5.11 Å². The minimum absolute atomic E-state index is 0.165. The maximum atomic E-state index is 10.6. The van der Waals surface area contributed by atoms with E-state index in [1.54, 1.807) is 0 Å². The molecule has 0 bridgehead atoms. The van der Waals surface area contributed by atoms with Crippen LogP contribution in [0.5, 0.6) is 0 Å². The number of rotatable bonds is 4. The number of carboxylic acids is 1. The van der Waals surface area contributed by atoms with Crippen molar-refractivity contribution in [2.75, 3.05) is 5.75 Å². The molecule has 0 radical (unpaired) electrons. The molecule has 2 rings (SSSR count). The Labute approximate surface area is 102 Å². The van der Waals surface area contributed by atoms with Gasteiger partial charge in [0.05, 0.1) is 5.52 Å². The number of thioether (sulfide) groups is 1. The summed E-state index contributed by atoms with van der Waals surface area (Å²) < 4.78 is 0. The minimum atomic E-state index is -0.976. The average Bonchev–Trinajstić information content (AvgIpc) is 2.35. The molecule has 4 nitrogen and oxygen atoms in total. The predicted molar refractivity (Wildman–Crippen MR) is 67.0 cm³/mol. The zero-order valence-electron chi connectivity index (χ0n) is 8.96. The minimum Gasteiger partial charge on any atom is -0.478 e. The average molecular weight is 246 g/mol. The summed E-state index contributed by atoms with van der Waals surface area (Å²) in [6.07, 6.45) is 1.48. The lowest BCUT2D eigenvalue weighted by Crippen LogP contribution is -2.01. The molecule has 0 spiro atoms. The Hall–Kier alpha value is -1.88. The van der Waals surface area contributed by atoms with Crippen LogP contribution in [-0.4, -0.2) is 26.8 Å². The highest BCUT2D eigenvalue weighted by Crippen LogP contribution is 2.25. The third kappa shape index (κ3) is 2.62. The van der Waals surface area contributed by atoms with Crippen LogP contribution >= 0.6 is 11.8 Å². The van der Waals surface area contributed by atoms with Gasteiger partial charge in [0, 0.05) is 16.7 Å². The molecule has 86 valence electrons.